The SMILES string of the molecule is CNC(=O)C[C@@H]1CN(CCOCc2ccc(OC)cc2)C[C@H]1O. The molecule has 2 atom stereocenters. The predicted molar refractivity (Wildman–Crippen MR) is 87.3 cm³/mol. The Labute approximate surface area is 137 Å². The topological polar surface area (TPSA) is 71.0 Å². The van der Waals surface area contributed by atoms with Gasteiger partial charge in [0, 0.05) is 39.0 Å². The van der Waals surface area contributed by atoms with E-state index in [1.54, 1.807) is 14.2 Å². The van der Waals surface area contributed by atoms with Gasteiger partial charge in [0.05, 0.1) is 26.4 Å². The molecule has 128 valence electrons. The highest BCUT2D eigenvalue weighted by atomic mass is 16.5. The molecule has 0 aliphatic carbocycles. The zero-order valence-corrected chi connectivity index (χ0v) is 13.8. The van der Waals surface area contributed by atoms with Crippen molar-refractivity contribution in [2.45, 2.75) is 19.1 Å². The third kappa shape index (κ3) is 5.49. The first kappa shape index (κ1) is 17.7. The number of amides is 1. The average Bonchev–Trinajstić information content (AvgIpc) is 2.91. The minimum Gasteiger partial charge on any atom is -0.497 e. The van der Waals surface area contributed by atoms with E-state index in [4.69, 9.17) is 9.47 Å². The van der Waals surface area contributed by atoms with E-state index >= 15 is 0 Å². The van der Waals surface area contributed by atoms with Gasteiger partial charge in [-0.05, 0) is 17.7 Å². The molecule has 6 nitrogen and oxygen atoms in total. The Hall–Kier alpha value is -1.63. The predicted octanol–water partition coefficient (Wildman–Crippen LogP) is 0.641. The van der Waals surface area contributed by atoms with Gasteiger partial charge in [-0.3, -0.25) is 9.69 Å². The van der Waals surface area contributed by atoms with Crippen LogP contribution in [0.2, 0.25) is 0 Å². The fourth-order valence-corrected chi connectivity index (χ4v) is 2.77. The quantitative estimate of drug-likeness (QED) is 0.687. The van der Waals surface area contributed by atoms with E-state index in [0.29, 0.717) is 26.2 Å². The van der Waals surface area contributed by atoms with Crippen molar-refractivity contribution in [3.8, 4) is 5.75 Å². The minimum atomic E-state index is -0.436. The molecule has 1 amide bonds. The maximum atomic E-state index is 11.4. The van der Waals surface area contributed by atoms with Crippen LogP contribution in [-0.4, -0.2) is 62.4 Å². The zero-order chi connectivity index (χ0) is 16.7. The molecule has 0 unspecified atom stereocenters. The maximum Gasteiger partial charge on any atom is 0.220 e. The van der Waals surface area contributed by atoms with Crippen molar-refractivity contribution >= 4 is 5.91 Å². The lowest BCUT2D eigenvalue weighted by Crippen LogP contribution is -2.27. The number of carbonyl (C=O) groups is 1. The summed E-state index contributed by atoms with van der Waals surface area (Å²) >= 11 is 0. The van der Waals surface area contributed by atoms with Gasteiger partial charge in [0.2, 0.25) is 5.91 Å². The fourth-order valence-electron chi connectivity index (χ4n) is 2.77. The summed E-state index contributed by atoms with van der Waals surface area (Å²) in [5.41, 5.74) is 1.10. The lowest BCUT2D eigenvalue weighted by molar-refractivity contribution is -0.122. The molecule has 1 aromatic rings. The minimum absolute atomic E-state index is 0.0107. The number of nitrogens with zero attached hydrogens (tertiary/aromatic N) is 1. The molecule has 1 fully saturated rings. The number of hydrogen-bond donors (Lipinski definition) is 2. The zero-order valence-electron chi connectivity index (χ0n) is 13.8. The van der Waals surface area contributed by atoms with Crippen molar-refractivity contribution in [1.29, 1.82) is 0 Å². The summed E-state index contributed by atoms with van der Waals surface area (Å²) in [5, 5.41) is 12.6. The van der Waals surface area contributed by atoms with Crippen LogP contribution >= 0.6 is 0 Å². The summed E-state index contributed by atoms with van der Waals surface area (Å²) in [6.07, 6.45) is -0.0603. The molecule has 1 aromatic carbocycles. The summed E-state index contributed by atoms with van der Waals surface area (Å²) in [4.78, 5) is 13.6. The van der Waals surface area contributed by atoms with E-state index in [9.17, 15) is 9.90 Å². The van der Waals surface area contributed by atoms with Gasteiger partial charge in [0.15, 0.2) is 0 Å². The average molecular weight is 322 g/mol. The Morgan fingerprint density at radius 3 is 2.74 bits per heavy atom. The molecule has 1 aliphatic heterocycles. The highest BCUT2D eigenvalue weighted by Crippen LogP contribution is 2.20. The second kappa shape index (κ2) is 8.86. The van der Waals surface area contributed by atoms with Crippen LogP contribution in [0.5, 0.6) is 5.75 Å². The van der Waals surface area contributed by atoms with Gasteiger partial charge >= 0.3 is 0 Å². The number of aliphatic hydroxyl groups is 1. The van der Waals surface area contributed by atoms with Crippen molar-refractivity contribution < 1.29 is 19.4 Å². The number of likely N-dealkylation sites (tertiary alicyclic amines) is 1. The van der Waals surface area contributed by atoms with Crippen LogP contribution in [0.25, 0.3) is 0 Å². The van der Waals surface area contributed by atoms with Crippen LogP contribution in [0.3, 0.4) is 0 Å². The van der Waals surface area contributed by atoms with Crippen molar-refractivity contribution in [1.82, 2.24) is 10.2 Å². The number of hydrogen-bond acceptors (Lipinski definition) is 5. The van der Waals surface area contributed by atoms with Crippen molar-refractivity contribution in [2.75, 3.05) is 40.4 Å². The molecule has 0 spiro atoms. The molecule has 2 N–H and O–H groups in total. The molecule has 0 saturated carbocycles. The smallest absolute Gasteiger partial charge is 0.220 e. The third-order valence-corrected chi connectivity index (χ3v) is 4.19. The highest BCUT2D eigenvalue weighted by molar-refractivity contribution is 5.75. The van der Waals surface area contributed by atoms with E-state index in [1.165, 1.54) is 0 Å². The number of rotatable bonds is 8. The van der Waals surface area contributed by atoms with Crippen LogP contribution < -0.4 is 10.1 Å². The third-order valence-electron chi connectivity index (χ3n) is 4.19. The van der Waals surface area contributed by atoms with Crippen molar-refractivity contribution in [3.63, 3.8) is 0 Å². The fraction of sp³-hybridized carbons (Fsp3) is 0.588. The number of ether oxygens (including phenoxy) is 2. The molecule has 2 rings (SSSR count). The molecular weight excluding hydrogens is 296 g/mol. The van der Waals surface area contributed by atoms with Gasteiger partial charge in [-0.2, -0.15) is 0 Å². The normalized spacial score (nSPS) is 21.3. The van der Waals surface area contributed by atoms with Crippen LogP contribution in [0.4, 0.5) is 0 Å². The lowest BCUT2D eigenvalue weighted by atomic mass is 10.0. The van der Waals surface area contributed by atoms with Gasteiger partial charge in [0.25, 0.3) is 0 Å². The van der Waals surface area contributed by atoms with Gasteiger partial charge in [0.1, 0.15) is 5.75 Å². The number of methoxy groups -OCH3 is 1. The molecule has 23 heavy (non-hydrogen) atoms. The largest absolute Gasteiger partial charge is 0.497 e. The molecule has 0 radical (unpaired) electrons. The highest BCUT2D eigenvalue weighted by Gasteiger charge is 2.32. The molecule has 0 bridgehead atoms. The lowest BCUT2D eigenvalue weighted by Gasteiger charge is -2.15. The first-order valence-corrected chi connectivity index (χ1v) is 7.94. The van der Waals surface area contributed by atoms with Crippen LogP contribution in [0.15, 0.2) is 24.3 Å². The Bertz CT molecular complexity index is 492. The summed E-state index contributed by atoms with van der Waals surface area (Å²) in [5.74, 6) is 0.824. The second-order valence-corrected chi connectivity index (χ2v) is 5.86. The Kier molecular flexibility index (Phi) is 6.83. The van der Waals surface area contributed by atoms with Crippen molar-refractivity contribution in [3.05, 3.63) is 29.8 Å². The van der Waals surface area contributed by atoms with E-state index in [-0.39, 0.29) is 11.8 Å². The summed E-state index contributed by atoms with van der Waals surface area (Å²) in [6.45, 7) is 3.26. The number of aliphatic hydroxyl groups excluding tert-OH is 1. The van der Waals surface area contributed by atoms with E-state index in [1.807, 2.05) is 24.3 Å². The van der Waals surface area contributed by atoms with Crippen LogP contribution in [0.1, 0.15) is 12.0 Å². The Morgan fingerprint density at radius 1 is 1.35 bits per heavy atom. The van der Waals surface area contributed by atoms with E-state index < -0.39 is 6.10 Å². The van der Waals surface area contributed by atoms with Gasteiger partial charge in [-0.25, -0.2) is 0 Å². The number of carbonyl (C=O) groups excluding carboxylic acids is 1. The van der Waals surface area contributed by atoms with Gasteiger partial charge < -0.3 is 19.9 Å². The maximum absolute atomic E-state index is 11.4. The first-order chi connectivity index (χ1) is 11.1. The molecule has 1 aliphatic rings. The Morgan fingerprint density at radius 2 is 2.09 bits per heavy atom. The Balaban J connectivity index is 1.65. The number of benzene rings is 1. The molecule has 6 heteroatoms. The van der Waals surface area contributed by atoms with Crippen molar-refractivity contribution in [2.24, 2.45) is 5.92 Å². The molecule has 0 aromatic heterocycles. The summed E-state index contributed by atoms with van der Waals surface area (Å²) < 4.78 is 10.8. The monoisotopic (exact) mass is 322 g/mol. The summed E-state index contributed by atoms with van der Waals surface area (Å²) in [7, 11) is 3.27. The van der Waals surface area contributed by atoms with Gasteiger partial charge in [-0.15, -0.1) is 0 Å². The van der Waals surface area contributed by atoms with E-state index in [2.05, 4.69) is 10.2 Å². The standard InChI is InChI=1S/C17H26N2O4/c1-18-17(21)9-14-10-19(11-16(14)20)7-8-23-12-13-3-5-15(22-2)6-4-13/h3-6,14,16,20H,7-12H2,1-2H3,(H,18,21)/t14-,16-/m1/s1. The van der Waals surface area contributed by atoms with Crippen LogP contribution in [-0.2, 0) is 16.1 Å². The van der Waals surface area contributed by atoms with Gasteiger partial charge in [-0.1, -0.05) is 12.1 Å². The van der Waals surface area contributed by atoms with Crippen LogP contribution in [0, 0.1) is 5.92 Å². The molecule has 1 heterocycles. The second-order valence-electron chi connectivity index (χ2n) is 5.86. The number of nitrogens with one attached hydrogen (secondary N) is 1. The first-order valence-electron chi connectivity index (χ1n) is 7.94. The summed E-state index contributed by atoms with van der Waals surface area (Å²) in [6, 6.07) is 7.80. The van der Waals surface area contributed by atoms with E-state index in [0.717, 1.165) is 24.4 Å². The molecular formula is C17H26N2O4. The number of β-amino-alcohol motifs (C(OH)–C–C–N with tert-alkyl or cyclic N) is 1. The molecule has 1 saturated heterocycles.